The number of fused-ring (bicyclic) bond motifs is 4. The number of pyridine rings is 1. The van der Waals surface area contributed by atoms with Gasteiger partial charge in [-0.2, -0.15) is 39.9 Å². The second kappa shape index (κ2) is 46.7. The lowest BCUT2D eigenvalue weighted by atomic mass is 9.92. The van der Waals surface area contributed by atoms with E-state index in [2.05, 4.69) is 184 Å². The molecule has 27 nitrogen and oxygen atoms in total. The summed E-state index contributed by atoms with van der Waals surface area (Å²) in [5.41, 5.74) is 38.1. The Hall–Kier alpha value is -10.2. The molecule has 14 rings (SSSR count). The molecule has 7 aromatic rings. The number of rotatable bonds is 34. The molecule has 27 heteroatoms. The Morgan fingerprint density at radius 2 is 0.934 bits per heavy atom. The first-order valence-electron chi connectivity index (χ1n) is 44.7. The van der Waals surface area contributed by atoms with Crippen molar-refractivity contribution in [3.8, 4) is 24.0 Å². The fourth-order valence-electron chi connectivity index (χ4n) is 16.5. The number of likely N-dealkylation sites (tertiary alicyclic amines) is 1. The topological polar surface area (TPSA) is 312 Å². The molecule has 0 spiro atoms. The molecule has 2 aromatic carbocycles. The quantitative estimate of drug-likeness (QED) is 0.0185. The van der Waals surface area contributed by atoms with Gasteiger partial charge in [-0.25, -0.2) is 0 Å². The van der Waals surface area contributed by atoms with Crippen LogP contribution in [0.1, 0.15) is 176 Å². The molecule has 1 amide bonds. The van der Waals surface area contributed by atoms with Crippen molar-refractivity contribution in [1.29, 1.82) is 0 Å². The zero-order chi connectivity index (χ0) is 85.6. The minimum atomic E-state index is 0.0609. The monoisotopic (exact) mass is 1660 g/mol. The van der Waals surface area contributed by atoms with Gasteiger partial charge in [-0.1, -0.05) is 169 Å². The average Bonchev–Trinajstić information content (AvgIpc) is 0.783. The number of aromatic nitrogens is 9. The molecule has 9 N–H and O–H groups in total. The van der Waals surface area contributed by atoms with Crippen LogP contribution in [0, 0.1) is 18.8 Å². The van der Waals surface area contributed by atoms with Crippen LogP contribution >= 0.6 is 0 Å². The van der Waals surface area contributed by atoms with Crippen LogP contribution in [0.5, 0.6) is 24.0 Å². The Labute approximate surface area is 720 Å². The predicted octanol–water partition coefficient (Wildman–Crippen LogP) is 13.3. The zero-order valence-corrected chi connectivity index (χ0v) is 73.7. The number of nitrogens with zero attached hydrogens (tertiary/aromatic N) is 17. The molecular formula is C94H138N22O5. The van der Waals surface area contributed by atoms with Gasteiger partial charge in [0.2, 0.25) is 5.91 Å². The van der Waals surface area contributed by atoms with Crippen LogP contribution in [0.25, 0.3) is 0 Å². The molecule has 0 bridgehead atoms. The van der Waals surface area contributed by atoms with E-state index >= 15 is 0 Å². The van der Waals surface area contributed by atoms with E-state index in [-0.39, 0.29) is 12.0 Å². The van der Waals surface area contributed by atoms with Gasteiger partial charge in [-0.05, 0) is 152 Å². The minimum Gasteiger partial charge on any atom is -0.463 e. The third-order valence-electron chi connectivity index (χ3n) is 23.5. The van der Waals surface area contributed by atoms with E-state index < -0.39 is 0 Å². The molecule has 1 atom stereocenters. The van der Waals surface area contributed by atoms with Gasteiger partial charge in [0, 0.05) is 158 Å². The highest BCUT2D eigenvalue weighted by Crippen LogP contribution is 2.38. The summed E-state index contributed by atoms with van der Waals surface area (Å²) in [4.78, 5) is 72.3. The number of amides is 1. The molecule has 121 heavy (non-hydrogen) atoms. The Balaban J connectivity index is 0.000000160. The number of anilines is 8. The number of unbranched alkanes of at least 4 members (excludes halogenated alkanes) is 3. The summed E-state index contributed by atoms with van der Waals surface area (Å²) in [7, 11) is 2.13. The zero-order valence-electron chi connectivity index (χ0n) is 73.7. The Bertz CT molecular complexity index is 4460. The van der Waals surface area contributed by atoms with Gasteiger partial charge in [0.15, 0.2) is 0 Å². The van der Waals surface area contributed by atoms with Crippen molar-refractivity contribution in [1.82, 2.24) is 69.8 Å². The number of carbonyl (C=O) groups is 1. The van der Waals surface area contributed by atoms with Crippen molar-refractivity contribution in [2.45, 2.75) is 189 Å². The number of nitrogens with two attached hydrogens (primary N) is 4. The maximum Gasteiger partial charge on any atom is 0.320 e. The SMILES string of the molecule is C=C1Cc2c(N)nc(OC(C)CCC)nc2N(Cc2ccc(C)nc2)C1.C=C1Cc2c(N)nc(OCCCC)nc2N(CCC2CCN(Cc3ccccc3)CC2)C1.C=C1Cc2c(N)nc(OCCCC)nc2N(CCC2CCNCC2)C1.C=C1Cc2c(N)nc(OCCCC)nc2N(CCCN(Cc2ccccc2)C(=O)CN2CCN(C)CC2)C1. The highest BCUT2D eigenvalue weighted by molar-refractivity contribution is 5.78. The van der Waals surface area contributed by atoms with Crippen molar-refractivity contribution in [3.63, 3.8) is 0 Å². The number of hydrogen-bond acceptors (Lipinski definition) is 26. The van der Waals surface area contributed by atoms with E-state index in [1.54, 1.807) is 0 Å². The second-order valence-electron chi connectivity index (χ2n) is 33.9. The third kappa shape index (κ3) is 27.9. The molecule has 3 saturated heterocycles. The summed E-state index contributed by atoms with van der Waals surface area (Å²) in [6.45, 7) is 49.0. The van der Waals surface area contributed by atoms with E-state index in [4.69, 9.17) is 51.9 Å². The van der Waals surface area contributed by atoms with Gasteiger partial charge in [0.1, 0.15) is 46.5 Å². The average molecular weight is 1660 g/mol. The van der Waals surface area contributed by atoms with Crippen LogP contribution in [-0.4, -0.2) is 215 Å². The first kappa shape index (κ1) is 91.5. The van der Waals surface area contributed by atoms with Gasteiger partial charge in [-0.15, -0.1) is 0 Å². The summed E-state index contributed by atoms with van der Waals surface area (Å²) in [5.74, 6) is 7.27. The molecule has 0 radical (unpaired) electrons. The molecule has 3 fully saturated rings. The minimum absolute atomic E-state index is 0.0609. The largest absolute Gasteiger partial charge is 0.463 e. The van der Waals surface area contributed by atoms with Gasteiger partial charge in [0.25, 0.3) is 0 Å². The lowest BCUT2D eigenvalue weighted by Gasteiger charge is -2.35. The van der Waals surface area contributed by atoms with Crippen molar-refractivity contribution < 1.29 is 23.7 Å². The van der Waals surface area contributed by atoms with E-state index in [1.807, 2.05) is 49.2 Å². The maximum absolute atomic E-state index is 13.4. The van der Waals surface area contributed by atoms with E-state index in [1.165, 1.54) is 68.3 Å². The van der Waals surface area contributed by atoms with Crippen LogP contribution in [0.3, 0.4) is 0 Å². The number of ether oxygens (including phenoxy) is 4. The highest BCUT2D eigenvalue weighted by atomic mass is 16.5. The summed E-state index contributed by atoms with van der Waals surface area (Å²) in [6, 6.07) is 26.6. The van der Waals surface area contributed by atoms with Crippen LogP contribution < -0.4 is 66.8 Å². The van der Waals surface area contributed by atoms with Crippen molar-refractivity contribution in [2.75, 3.05) is 181 Å². The van der Waals surface area contributed by atoms with E-state index in [9.17, 15) is 4.79 Å². The first-order chi connectivity index (χ1) is 58.7. The maximum atomic E-state index is 13.4. The Morgan fingerprint density at radius 1 is 0.496 bits per heavy atom. The number of carbonyl (C=O) groups excluding carboxylic acids is 1. The molecule has 654 valence electrons. The van der Waals surface area contributed by atoms with Crippen molar-refractivity contribution in [3.05, 3.63) is 172 Å². The van der Waals surface area contributed by atoms with Gasteiger partial charge in [0.05, 0.1) is 32.5 Å². The van der Waals surface area contributed by atoms with Gasteiger partial charge < -0.3 is 76.6 Å². The molecule has 7 aliphatic rings. The smallest absolute Gasteiger partial charge is 0.320 e. The molecule has 1 unspecified atom stereocenters. The highest BCUT2D eigenvalue weighted by Gasteiger charge is 2.32. The standard InChI is InChI=1S/C29H43N7O2.C26H37N5O.C20H27N5O.C19H31N5O/c1-4-5-18-38-29-31-27(30)25-19-23(2)20-36(28(25)32-29)13-9-12-35(21-24-10-7-6-8-11-24)26(37)22-34-16-14-33(3)15-17-34;1-3-4-16-32-26-28-24(27)23-17-20(2)18-31(25(23)29-26)15-12-21-10-13-30(14-11-21)19-22-8-6-5-7-9-22;1-5-6-15(4)26-20-23-18(21)17-9-13(2)11-25(19(17)24-20)12-16-8-7-14(3)22-10-16;1-3-4-11-25-19-22-17(20)16-12-14(2)13-24(18(16)23-19)10-7-15-5-8-21-9-6-15/h6-8,10-11H,2,4-5,9,12-22H2,1,3H3,(H2,30,31,32);5-9,21H,2-4,10-19H2,1H3,(H2,27,28,29);7-8,10,15H,2,5-6,9,11-12H2,1,3-4H3,(H2,21,23,24);15,21H,2-13H2,1H3,(H2,20,22,23). The number of benzene rings is 2. The number of piperazine rings is 1. The number of nitrogens with one attached hydrogen (secondary N) is 1. The number of hydrogen-bond donors (Lipinski definition) is 5. The van der Waals surface area contributed by atoms with Crippen molar-refractivity contribution in [2.24, 2.45) is 11.8 Å². The molecule has 7 aliphatic heterocycles. The number of nitrogen functional groups attached to an aromatic ring is 4. The van der Waals surface area contributed by atoms with Crippen LogP contribution in [0.2, 0.25) is 0 Å². The summed E-state index contributed by atoms with van der Waals surface area (Å²) < 4.78 is 23.1. The number of piperidine rings is 2. The fourth-order valence-corrected chi connectivity index (χ4v) is 16.5. The Morgan fingerprint density at radius 3 is 1.40 bits per heavy atom. The number of likely N-dealkylation sites (N-methyl/N-ethyl adjacent to an activating group) is 1. The summed E-state index contributed by atoms with van der Waals surface area (Å²) in [6.07, 6.45) is 21.2. The van der Waals surface area contributed by atoms with Gasteiger partial charge in [-0.3, -0.25) is 19.6 Å². The summed E-state index contributed by atoms with van der Waals surface area (Å²) in [5, 5.41) is 3.43. The molecular weight excluding hydrogens is 1520 g/mol. The second-order valence-corrected chi connectivity index (χ2v) is 33.9. The van der Waals surface area contributed by atoms with Crippen LogP contribution in [0.15, 0.2) is 128 Å². The molecule has 0 saturated carbocycles. The van der Waals surface area contributed by atoms with E-state index in [0.29, 0.717) is 113 Å². The van der Waals surface area contributed by atoms with Gasteiger partial charge >= 0.3 is 24.0 Å². The van der Waals surface area contributed by atoms with Crippen LogP contribution in [-0.2, 0) is 50.1 Å². The normalized spacial score (nSPS) is 16.7. The molecule has 0 aliphatic carbocycles. The van der Waals surface area contributed by atoms with Crippen LogP contribution in [0.4, 0.5) is 46.5 Å². The lowest BCUT2D eigenvalue weighted by Crippen LogP contribution is -2.49. The molecule has 5 aromatic heterocycles. The lowest BCUT2D eigenvalue weighted by molar-refractivity contribution is -0.133. The van der Waals surface area contributed by atoms with E-state index in [0.717, 1.165) is 241 Å². The summed E-state index contributed by atoms with van der Waals surface area (Å²) >= 11 is 0. The molecule has 12 heterocycles. The Kier molecular flexibility index (Phi) is 35.3. The first-order valence-corrected chi connectivity index (χ1v) is 44.7. The predicted molar refractivity (Wildman–Crippen MR) is 490 cm³/mol. The van der Waals surface area contributed by atoms with Crippen molar-refractivity contribution >= 4 is 52.5 Å². The number of aryl methyl sites for hydroxylation is 1. The fraction of sp³-hybridized carbons (Fsp3) is 0.553. The third-order valence-corrected chi connectivity index (χ3v) is 23.5.